The summed E-state index contributed by atoms with van der Waals surface area (Å²) in [5.74, 6) is 0.0887. The van der Waals surface area contributed by atoms with Crippen molar-refractivity contribution in [3.05, 3.63) is 11.1 Å². The van der Waals surface area contributed by atoms with Crippen molar-refractivity contribution >= 4 is 22.4 Å². The fourth-order valence-electron chi connectivity index (χ4n) is 1.01. The molecule has 5 heteroatoms. The molecule has 0 radical (unpaired) electrons. The van der Waals surface area contributed by atoms with Gasteiger partial charge in [0, 0.05) is 19.0 Å². The zero-order valence-corrected chi connectivity index (χ0v) is 10.2. The summed E-state index contributed by atoms with van der Waals surface area (Å²) < 4.78 is 0. The molecule has 0 aliphatic carbocycles. The fraction of sp³-hybridized carbons (Fsp3) is 0.600. The van der Waals surface area contributed by atoms with E-state index in [9.17, 15) is 4.79 Å². The van der Waals surface area contributed by atoms with Crippen LogP contribution < -0.4 is 5.32 Å². The standard InChI is InChI=1S/C10H17N3OS/c1-4-8-7-15-10(12-8)11-6-9(14)13(3)5-2/h7H,4-6H2,1-3H3,(H,11,12). The number of carbonyl (C=O) groups is 1. The highest BCUT2D eigenvalue weighted by Crippen LogP contribution is 2.15. The van der Waals surface area contributed by atoms with Gasteiger partial charge in [0.25, 0.3) is 0 Å². The Morgan fingerprint density at radius 1 is 1.60 bits per heavy atom. The number of thiazole rings is 1. The van der Waals surface area contributed by atoms with Gasteiger partial charge in [0.15, 0.2) is 5.13 Å². The zero-order valence-electron chi connectivity index (χ0n) is 9.41. The Hall–Kier alpha value is -1.10. The normalized spacial score (nSPS) is 10.1. The first-order valence-corrected chi connectivity index (χ1v) is 5.97. The van der Waals surface area contributed by atoms with Crippen LogP contribution in [0.4, 0.5) is 5.13 Å². The van der Waals surface area contributed by atoms with Gasteiger partial charge in [-0.25, -0.2) is 4.98 Å². The predicted molar refractivity (Wildman–Crippen MR) is 63.3 cm³/mol. The van der Waals surface area contributed by atoms with Crippen LogP contribution >= 0.6 is 11.3 Å². The van der Waals surface area contributed by atoms with Gasteiger partial charge >= 0.3 is 0 Å². The number of nitrogens with one attached hydrogen (secondary N) is 1. The van der Waals surface area contributed by atoms with Crippen LogP contribution in [-0.2, 0) is 11.2 Å². The highest BCUT2D eigenvalue weighted by atomic mass is 32.1. The lowest BCUT2D eigenvalue weighted by atomic mass is 10.4. The van der Waals surface area contributed by atoms with Gasteiger partial charge < -0.3 is 10.2 Å². The maximum absolute atomic E-state index is 11.5. The summed E-state index contributed by atoms with van der Waals surface area (Å²) in [5.41, 5.74) is 1.07. The van der Waals surface area contributed by atoms with Crippen LogP contribution in [0.25, 0.3) is 0 Å². The zero-order chi connectivity index (χ0) is 11.3. The summed E-state index contributed by atoms with van der Waals surface area (Å²) in [5, 5.41) is 5.86. The lowest BCUT2D eigenvalue weighted by Crippen LogP contribution is -2.31. The average Bonchev–Trinajstić information content (AvgIpc) is 2.72. The van der Waals surface area contributed by atoms with Crippen LogP contribution in [0.5, 0.6) is 0 Å². The van der Waals surface area contributed by atoms with E-state index in [0.717, 1.165) is 23.8 Å². The van der Waals surface area contributed by atoms with Crippen molar-refractivity contribution in [2.75, 3.05) is 25.5 Å². The van der Waals surface area contributed by atoms with Gasteiger partial charge in [-0.1, -0.05) is 6.92 Å². The maximum Gasteiger partial charge on any atom is 0.241 e. The Labute approximate surface area is 94.3 Å². The summed E-state index contributed by atoms with van der Waals surface area (Å²) in [6, 6.07) is 0. The summed E-state index contributed by atoms with van der Waals surface area (Å²) in [6.07, 6.45) is 0.932. The van der Waals surface area contributed by atoms with E-state index in [0.29, 0.717) is 6.54 Å². The third kappa shape index (κ3) is 3.51. The Morgan fingerprint density at radius 2 is 2.33 bits per heavy atom. The molecule has 0 atom stereocenters. The molecular weight excluding hydrogens is 210 g/mol. The third-order valence-electron chi connectivity index (χ3n) is 2.20. The average molecular weight is 227 g/mol. The third-order valence-corrected chi connectivity index (χ3v) is 3.05. The first kappa shape index (κ1) is 12.0. The quantitative estimate of drug-likeness (QED) is 0.831. The molecule has 84 valence electrons. The van der Waals surface area contributed by atoms with Crippen LogP contribution in [0, 0.1) is 0 Å². The van der Waals surface area contributed by atoms with Crippen LogP contribution in [0.15, 0.2) is 5.38 Å². The topological polar surface area (TPSA) is 45.2 Å². The minimum absolute atomic E-state index is 0.0887. The highest BCUT2D eigenvalue weighted by molar-refractivity contribution is 7.13. The van der Waals surface area contributed by atoms with Crippen LogP contribution in [0.2, 0.25) is 0 Å². The summed E-state index contributed by atoms with van der Waals surface area (Å²) in [7, 11) is 1.79. The molecule has 0 saturated carbocycles. The number of carbonyl (C=O) groups excluding carboxylic acids is 1. The van der Waals surface area contributed by atoms with Gasteiger partial charge in [-0.3, -0.25) is 4.79 Å². The molecule has 1 amide bonds. The Kier molecular flexibility index (Phi) is 4.55. The van der Waals surface area contributed by atoms with Crippen LogP contribution in [-0.4, -0.2) is 35.9 Å². The number of nitrogens with zero attached hydrogens (tertiary/aromatic N) is 2. The minimum atomic E-state index is 0.0887. The second kappa shape index (κ2) is 5.70. The number of amides is 1. The fourth-order valence-corrected chi connectivity index (χ4v) is 1.81. The second-order valence-corrected chi connectivity index (χ2v) is 4.12. The second-order valence-electron chi connectivity index (χ2n) is 3.26. The maximum atomic E-state index is 11.5. The van der Waals surface area contributed by atoms with E-state index in [2.05, 4.69) is 17.2 Å². The summed E-state index contributed by atoms with van der Waals surface area (Å²) in [6.45, 7) is 5.07. The van der Waals surface area contributed by atoms with E-state index in [1.54, 1.807) is 23.3 Å². The molecule has 0 bridgehead atoms. The van der Waals surface area contributed by atoms with Gasteiger partial charge in [0.1, 0.15) is 0 Å². The van der Waals surface area contributed by atoms with Crippen molar-refractivity contribution in [1.82, 2.24) is 9.88 Å². The number of rotatable bonds is 5. The molecule has 1 aromatic rings. The number of hydrogen-bond donors (Lipinski definition) is 1. The Balaban J connectivity index is 2.40. The molecule has 0 saturated heterocycles. The van der Waals surface area contributed by atoms with E-state index in [1.165, 1.54) is 0 Å². The van der Waals surface area contributed by atoms with Gasteiger partial charge in [-0.15, -0.1) is 11.3 Å². The van der Waals surface area contributed by atoms with Crippen molar-refractivity contribution in [3.8, 4) is 0 Å². The molecule has 0 aliphatic heterocycles. The monoisotopic (exact) mass is 227 g/mol. The van der Waals surface area contributed by atoms with Gasteiger partial charge in [0.05, 0.1) is 12.2 Å². The number of anilines is 1. The van der Waals surface area contributed by atoms with E-state index in [4.69, 9.17) is 0 Å². The lowest BCUT2D eigenvalue weighted by Gasteiger charge is -2.14. The minimum Gasteiger partial charge on any atom is -0.352 e. The lowest BCUT2D eigenvalue weighted by molar-refractivity contribution is -0.127. The molecule has 15 heavy (non-hydrogen) atoms. The number of hydrogen-bond acceptors (Lipinski definition) is 4. The van der Waals surface area contributed by atoms with Crippen LogP contribution in [0.1, 0.15) is 19.5 Å². The van der Waals surface area contributed by atoms with E-state index in [-0.39, 0.29) is 5.91 Å². The van der Waals surface area contributed by atoms with Crippen molar-refractivity contribution < 1.29 is 4.79 Å². The molecular formula is C10H17N3OS. The SMILES string of the molecule is CCc1csc(NCC(=O)N(C)CC)n1. The number of aromatic nitrogens is 1. The van der Waals surface area contributed by atoms with E-state index >= 15 is 0 Å². The summed E-state index contributed by atoms with van der Waals surface area (Å²) >= 11 is 1.54. The molecule has 1 heterocycles. The molecule has 0 aliphatic rings. The van der Waals surface area contributed by atoms with Crippen molar-refractivity contribution in [3.63, 3.8) is 0 Å². The molecule has 4 nitrogen and oxygen atoms in total. The molecule has 0 aromatic carbocycles. The largest absolute Gasteiger partial charge is 0.352 e. The van der Waals surface area contributed by atoms with Gasteiger partial charge in [-0.2, -0.15) is 0 Å². The van der Waals surface area contributed by atoms with Gasteiger partial charge in [0.2, 0.25) is 5.91 Å². The van der Waals surface area contributed by atoms with Crippen molar-refractivity contribution in [2.24, 2.45) is 0 Å². The molecule has 0 unspecified atom stereocenters. The highest BCUT2D eigenvalue weighted by Gasteiger charge is 2.07. The van der Waals surface area contributed by atoms with Crippen molar-refractivity contribution in [2.45, 2.75) is 20.3 Å². The van der Waals surface area contributed by atoms with E-state index in [1.807, 2.05) is 12.3 Å². The Bertz CT molecular complexity index is 324. The first-order valence-electron chi connectivity index (χ1n) is 5.09. The number of likely N-dealkylation sites (N-methyl/N-ethyl adjacent to an activating group) is 1. The molecule has 0 spiro atoms. The van der Waals surface area contributed by atoms with E-state index < -0.39 is 0 Å². The van der Waals surface area contributed by atoms with Crippen molar-refractivity contribution in [1.29, 1.82) is 0 Å². The van der Waals surface area contributed by atoms with Gasteiger partial charge in [-0.05, 0) is 13.3 Å². The van der Waals surface area contributed by atoms with Crippen LogP contribution in [0.3, 0.4) is 0 Å². The predicted octanol–water partition coefficient (Wildman–Crippen LogP) is 1.60. The summed E-state index contributed by atoms with van der Waals surface area (Å²) in [4.78, 5) is 17.5. The molecule has 1 N–H and O–H groups in total. The molecule has 0 fully saturated rings. The Morgan fingerprint density at radius 3 is 2.87 bits per heavy atom. The molecule has 1 aromatic heterocycles. The smallest absolute Gasteiger partial charge is 0.241 e. The molecule has 1 rings (SSSR count). The number of aryl methyl sites for hydroxylation is 1. The first-order chi connectivity index (χ1) is 7.17.